The lowest BCUT2D eigenvalue weighted by atomic mass is 10.2. The Morgan fingerprint density at radius 2 is 2.20 bits per heavy atom. The Morgan fingerprint density at radius 1 is 1.44 bits per heavy atom. The van der Waals surface area contributed by atoms with Gasteiger partial charge in [-0.15, -0.1) is 0 Å². The number of benzene rings is 1. The lowest BCUT2D eigenvalue weighted by molar-refractivity contribution is -0.117. The van der Waals surface area contributed by atoms with E-state index in [1.807, 2.05) is 13.0 Å². The Kier molecular flexibility index (Phi) is 7.06. The molecule has 0 saturated carbocycles. The van der Waals surface area contributed by atoms with Crippen LogP contribution in [0.15, 0.2) is 34.7 Å². The van der Waals surface area contributed by atoms with E-state index in [0.717, 1.165) is 20.9 Å². The number of hydrogen-bond acceptors (Lipinski definition) is 5. The van der Waals surface area contributed by atoms with Crippen LogP contribution in [0.3, 0.4) is 0 Å². The van der Waals surface area contributed by atoms with Gasteiger partial charge in [-0.2, -0.15) is 4.99 Å². The van der Waals surface area contributed by atoms with Crippen LogP contribution in [0.2, 0.25) is 0 Å². The number of thioether (sulfide) groups is 1. The van der Waals surface area contributed by atoms with E-state index in [0.29, 0.717) is 29.6 Å². The number of halogens is 1. The van der Waals surface area contributed by atoms with Gasteiger partial charge < -0.3 is 14.8 Å². The van der Waals surface area contributed by atoms with Crippen LogP contribution in [0.25, 0.3) is 6.08 Å². The maximum absolute atomic E-state index is 12.0. The van der Waals surface area contributed by atoms with Crippen LogP contribution < -0.4 is 14.8 Å². The second-order valence-electron chi connectivity index (χ2n) is 4.88. The summed E-state index contributed by atoms with van der Waals surface area (Å²) < 4.78 is 12.2. The Bertz CT molecular complexity index is 774. The summed E-state index contributed by atoms with van der Waals surface area (Å²) in [7, 11) is 0. The Morgan fingerprint density at radius 3 is 2.84 bits per heavy atom. The van der Waals surface area contributed by atoms with Crippen LogP contribution in [-0.2, 0) is 9.59 Å². The standard InChI is InChI=1S/C17H17IN2O4S/c1-4-6-24-15-12(18)7-11(8-13(15)23-5-2)9-14-16(22)20-17(25-14)19-10(3)21/h4,7-9H,1,5-6H2,2-3H3,(H,19,20,21,22)/b14-9-. The first-order chi connectivity index (χ1) is 11.9. The third kappa shape index (κ3) is 5.33. The smallest absolute Gasteiger partial charge is 0.286 e. The van der Waals surface area contributed by atoms with Crippen molar-refractivity contribution in [1.82, 2.24) is 5.32 Å². The monoisotopic (exact) mass is 472 g/mol. The van der Waals surface area contributed by atoms with Crippen LogP contribution in [0.4, 0.5) is 0 Å². The van der Waals surface area contributed by atoms with E-state index in [4.69, 9.17) is 9.47 Å². The van der Waals surface area contributed by atoms with Gasteiger partial charge in [0.25, 0.3) is 5.91 Å². The number of aliphatic imine (C=N–C) groups is 1. The number of rotatable bonds is 6. The van der Waals surface area contributed by atoms with Crippen LogP contribution in [0.1, 0.15) is 19.4 Å². The van der Waals surface area contributed by atoms with Gasteiger partial charge in [-0.25, -0.2) is 0 Å². The van der Waals surface area contributed by atoms with Crippen molar-refractivity contribution < 1.29 is 19.1 Å². The molecule has 1 aliphatic rings. The summed E-state index contributed by atoms with van der Waals surface area (Å²) in [5.74, 6) is 0.595. The molecule has 0 aliphatic carbocycles. The maximum atomic E-state index is 12.0. The number of hydrogen-bond donors (Lipinski definition) is 1. The molecular weight excluding hydrogens is 455 g/mol. The first kappa shape index (κ1) is 19.5. The molecule has 132 valence electrons. The summed E-state index contributed by atoms with van der Waals surface area (Å²) in [5.41, 5.74) is 0.786. The SMILES string of the molecule is C=CCOc1c(I)cc(/C=C2\SC(NC(C)=O)=NC2=O)cc1OCC. The zero-order chi connectivity index (χ0) is 18.4. The minimum Gasteiger partial charge on any atom is -0.490 e. The zero-order valence-corrected chi connectivity index (χ0v) is 16.8. The fourth-order valence-corrected chi connectivity index (χ4v) is 3.62. The predicted octanol–water partition coefficient (Wildman–Crippen LogP) is 3.36. The lowest BCUT2D eigenvalue weighted by Crippen LogP contribution is -2.23. The quantitative estimate of drug-likeness (QED) is 0.391. The first-order valence-corrected chi connectivity index (χ1v) is 9.34. The van der Waals surface area contributed by atoms with E-state index < -0.39 is 0 Å². The van der Waals surface area contributed by atoms with Crippen LogP contribution >= 0.6 is 34.4 Å². The molecule has 8 heteroatoms. The van der Waals surface area contributed by atoms with Gasteiger partial charge in [-0.05, 0) is 65.0 Å². The number of nitrogens with one attached hydrogen (secondary N) is 1. The van der Waals surface area contributed by atoms with Crippen LogP contribution in [-0.4, -0.2) is 30.2 Å². The second-order valence-corrected chi connectivity index (χ2v) is 7.07. The summed E-state index contributed by atoms with van der Waals surface area (Å²) >= 11 is 3.28. The summed E-state index contributed by atoms with van der Waals surface area (Å²) in [5, 5.41) is 2.81. The molecule has 0 spiro atoms. The van der Waals surface area contributed by atoms with E-state index >= 15 is 0 Å². The van der Waals surface area contributed by atoms with Crippen molar-refractivity contribution in [2.45, 2.75) is 13.8 Å². The summed E-state index contributed by atoms with van der Waals surface area (Å²) in [6.45, 7) is 7.76. The normalized spacial score (nSPS) is 15.1. The van der Waals surface area contributed by atoms with Crippen molar-refractivity contribution in [3.8, 4) is 11.5 Å². The van der Waals surface area contributed by atoms with E-state index in [1.165, 1.54) is 6.92 Å². The Hall–Kier alpha value is -1.81. The van der Waals surface area contributed by atoms with Crippen molar-refractivity contribution in [3.05, 3.63) is 38.8 Å². The molecule has 25 heavy (non-hydrogen) atoms. The van der Waals surface area contributed by atoms with Crippen molar-refractivity contribution in [2.75, 3.05) is 13.2 Å². The molecule has 2 rings (SSSR count). The van der Waals surface area contributed by atoms with Gasteiger partial charge >= 0.3 is 0 Å². The Labute approximate surface area is 163 Å². The van der Waals surface area contributed by atoms with E-state index in [9.17, 15) is 9.59 Å². The minimum atomic E-state index is -0.381. The zero-order valence-electron chi connectivity index (χ0n) is 13.8. The maximum Gasteiger partial charge on any atom is 0.286 e. The van der Waals surface area contributed by atoms with Crippen molar-refractivity contribution in [1.29, 1.82) is 0 Å². The van der Waals surface area contributed by atoms with Crippen molar-refractivity contribution in [2.24, 2.45) is 4.99 Å². The van der Waals surface area contributed by atoms with Crippen molar-refractivity contribution in [3.63, 3.8) is 0 Å². The highest BCUT2D eigenvalue weighted by molar-refractivity contribution is 14.1. The van der Waals surface area contributed by atoms with E-state index in [-0.39, 0.29) is 17.0 Å². The highest BCUT2D eigenvalue weighted by atomic mass is 127. The summed E-state index contributed by atoms with van der Waals surface area (Å²) in [6, 6.07) is 3.69. The Balaban J connectivity index is 2.29. The molecule has 0 atom stereocenters. The topological polar surface area (TPSA) is 77.0 Å². The molecule has 1 N–H and O–H groups in total. The molecule has 0 radical (unpaired) electrons. The van der Waals surface area contributed by atoms with E-state index in [2.05, 4.69) is 39.5 Å². The molecule has 0 aromatic heterocycles. The summed E-state index contributed by atoms with van der Waals surface area (Å²) in [6.07, 6.45) is 3.38. The predicted molar refractivity (Wildman–Crippen MR) is 108 cm³/mol. The third-order valence-corrected chi connectivity index (χ3v) is 4.58. The average molecular weight is 472 g/mol. The van der Waals surface area contributed by atoms with Gasteiger partial charge in [0, 0.05) is 6.92 Å². The number of nitrogens with zero attached hydrogens (tertiary/aromatic N) is 1. The fourth-order valence-electron chi connectivity index (χ4n) is 1.98. The minimum absolute atomic E-state index is 0.266. The summed E-state index contributed by atoms with van der Waals surface area (Å²) in [4.78, 5) is 27.3. The van der Waals surface area contributed by atoms with Gasteiger partial charge in [0.1, 0.15) is 6.61 Å². The van der Waals surface area contributed by atoms with E-state index in [1.54, 1.807) is 18.2 Å². The number of amides is 2. The van der Waals surface area contributed by atoms with Gasteiger partial charge in [0.2, 0.25) is 5.91 Å². The number of amidine groups is 1. The van der Waals surface area contributed by atoms with Gasteiger partial charge in [-0.1, -0.05) is 12.7 Å². The van der Waals surface area contributed by atoms with Crippen LogP contribution in [0.5, 0.6) is 11.5 Å². The molecule has 0 fully saturated rings. The van der Waals surface area contributed by atoms with Gasteiger partial charge in [0.05, 0.1) is 15.1 Å². The number of carbonyl (C=O) groups is 2. The average Bonchev–Trinajstić information content (AvgIpc) is 2.85. The number of carbonyl (C=O) groups excluding carboxylic acids is 2. The molecule has 6 nitrogen and oxygen atoms in total. The van der Waals surface area contributed by atoms with Crippen molar-refractivity contribution >= 4 is 57.4 Å². The second kappa shape index (κ2) is 9.04. The fraction of sp³-hybridized carbons (Fsp3) is 0.235. The lowest BCUT2D eigenvalue weighted by Gasteiger charge is -2.13. The molecular formula is C17H17IN2O4S. The largest absolute Gasteiger partial charge is 0.490 e. The highest BCUT2D eigenvalue weighted by Gasteiger charge is 2.23. The molecule has 1 aliphatic heterocycles. The number of ether oxygens (including phenoxy) is 2. The molecule has 1 aromatic rings. The molecule has 1 aromatic carbocycles. The molecule has 0 bridgehead atoms. The van der Waals surface area contributed by atoms with Gasteiger partial charge in [-0.3, -0.25) is 9.59 Å². The molecule has 2 amide bonds. The molecule has 0 unspecified atom stereocenters. The third-order valence-electron chi connectivity index (χ3n) is 2.88. The molecule has 0 saturated heterocycles. The first-order valence-electron chi connectivity index (χ1n) is 7.44. The van der Waals surface area contributed by atoms with Gasteiger partial charge in [0.15, 0.2) is 16.7 Å². The molecule has 1 heterocycles. The van der Waals surface area contributed by atoms with Crippen LogP contribution in [0, 0.1) is 3.57 Å². The highest BCUT2D eigenvalue weighted by Crippen LogP contribution is 2.36.